The summed E-state index contributed by atoms with van der Waals surface area (Å²) >= 11 is 0. The molecule has 3 atom stereocenters. The molecular weight excluding hydrogens is 308 g/mol. The molecule has 134 valence electrons. The van der Waals surface area contributed by atoms with Crippen LogP contribution in [-0.2, 0) is 6.54 Å². The van der Waals surface area contributed by atoms with E-state index in [-0.39, 0.29) is 11.5 Å². The predicted octanol–water partition coefficient (Wildman–Crippen LogP) is 5.33. The molecule has 1 fully saturated rings. The standard InChI is InChI=1S/C22H30N2O/c1-16-13-20-21(14-19(16)17(2)23-25)24(12-8-11-22(20,3)4)15-18-9-6-5-7-10-18/h5-7,9-10,13-14,17,20-21H,8,11-12,15H2,1-4H3. The van der Waals surface area contributed by atoms with Gasteiger partial charge in [0.05, 0.1) is 0 Å². The first-order chi connectivity index (χ1) is 11.9. The largest absolute Gasteiger partial charge is 0.292 e. The van der Waals surface area contributed by atoms with Crippen LogP contribution in [0.1, 0.15) is 46.1 Å². The zero-order chi connectivity index (χ0) is 18.0. The van der Waals surface area contributed by atoms with Crippen LogP contribution in [0.3, 0.4) is 0 Å². The average Bonchev–Trinajstić information content (AvgIpc) is 2.71. The molecule has 0 amide bonds. The highest BCUT2D eigenvalue weighted by Gasteiger charge is 2.41. The molecule has 1 aromatic rings. The van der Waals surface area contributed by atoms with Crippen LogP contribution in [0.5, 0.6) is 0 Å². The van der Waals surface area contributed by atoms with Crippen molar-refractivity contribution in [1.82, 2.24) is 4.90 Å². The van der Waals surface area contributed by atoms with E-state index < -0.39 is 0 Å². The predicted molar refractivity (Wildman–Crippen MR) is 104 cm³/mol. The van der Waals surface area contributed by atoms with Crippen LogP contribution in [0.25, 0.3) is 0 Å². The maximum atomic E-state index is 11.1. The fraction of sp³-hybridized carbons (Fsp3) is 0.545. The molecule has 0 aromatic heterocycles. The van der Waals surface area contributed by atoms with Gasteiger partial charge in [0.1, 0.15) is 6.04 Å². The van der Waals surface area contributed by atoms with Crippen molar-refractivity contribution in [3.63, 3.8) is 0 Å². The van der Waals surface area contributed by atoms with Crippen molar-refractivity contribution >= 4 is 0 Å². The average molecular weight is 338 g/mol. The van der Waals surface area contributed by atoms with Gasteiger partial charge in [-0.15, -0.1) is 0 Å². The molecular formula is C22H30N2O. The summed E-state index contributed by atoms with van der Waals surface area (Å²) in [6.45, 7) is 10.9. The number of fused-ring (bicyclic) bond motifs is 1. The Morgan fingerprint density at radius 3 is 2.64 bits per heavy atom. The summed E-state index contributed by atoms with van der Waals surface area (Å²) < 4.78 is 0. The first-order valence-corrected chi connectivity index (χ1v) is 9.43. The first-order valence-electron chi connectivity index (χ1n) is 9.43. The van der Waals surface area contributed by atoms with Crippen LogP contribution in [0.2, 0.25) is 0 Å². The van der Waals surface area contributed by atoms with Crippen molar-refractivity contribution in [3.8, 4) is 0 Å². The number of hydrogen-bond donors (Lipinski definition) is 0. The van der Waals surface area contributed by atoms with Crippen molar-refractivity contribution < 1.29 is 0 Å². The fourth-order valence-electron chi connectivity index (χ4n) is 4.49. The number of likely N-dealkylation sites (tertiary alicyclic amines) is 1. The minimum Gasteiger partial charge on any atom is -0.292 e. The molecule has 3 unspecified atom stereocenters. The number of nitroso groups, excluding NO2 is 1. The molecule has 2 aliphatic rings. The highest BCUT2D eigenvalue weighted by Crippen LogP contribution is 2.44. The lowest BCUT2D eigenvalue weighted by atomic mass is 9.69. The topological polar surface area (TPSA) is 32.7 Å². The quantitative estimate of drug-likeness (QED) is 0.695. The third-order valence-corrected chi connectivity index (χ3v) is 6.03. The molecule has 0 saturated carbocycles. The van der Waals surface area contributed by atoms with E-state index in [0.29, 0.717) is 12.0 Å². The molecule has 1 aromatic carbocycles. The van der Waals surface area contributed by atoms with E-state index in [1.165, 1.54) is 24.0 Å². The minimum absolute atomic E-state index is 0.261. The monoisotopic (exact) mass is 338 g/mol. The van der Waals surface area contributed by atoms with Gasteiger partial charge in [0.2, 0.25) is 0 Å². The van der Waals surface area contributed by atoms with E-state index in [4.69, 9.17) is 0 Å². The van der Waals surface area contributed by atoms with E-state index in [2.05, 4.69) is 73.3 Å². The molecule has 0 bridgehead atoms. The molecule has 1 aliphatic carbocycles. The normalized spacial score (nSPS) is 27.5. The van der Waals surface area contributed by atoms with Crippen LogP contribution in [-0.4, -0.2) is 23.5 Å². The summed E-state index contributed by atoms with van der Waals surface area (Å²) in [6, 6.07) is 10.8. The smallest absolute Gasteiger partial charge is 0.114 e. The molecule has 25 heavy (non-hydrogen) atoms. The Balaban J connectivity index is 1.97. The van der Waals surface area contributed by atoms with Crippen LogP contribution < -0.4 is 0 Å². The second-order valence-corrected chi connectivity index (χ2v) is 8.32. The lowest BCUT2D eigenvalue weighted by molar-refractivity contribution is 0.148. The Labute approximate surface area is 151 Å². The van der Waals surface area contributed by atoms with E-state index in [1.807, 2.05) is 6.92 Å². The second-order valence-electron chi connectivity index (χ2n) is 8.32. The Morgan fingerprint density at radius 2 is 1.96 bits per heavy atom. The van der Waals surface area contributed by atoms with Gasteiger partial charge in [-0.05, 0) is 55.4 Å². The second kappa shape index (κ2) is 7.25. The number of nitrogens with zero attached hydrogens (tertiary/aromatic N) is 2. The van der Waals surface area contributed by atoms with Gasteiger partial charge in [-0.1, -0.05) is 61.5 Å². The molecule has 3 heteroatoms. The molecule has 0 N–H and O–H groups in total. The maximum absolute atomic E-state index is 11.1. The SMILES string of the molecule is CC1=CC2C(C=C1C(C)N=O)N(Cc1ccccc1)CCCC2(C)C. The molecule has 3 rings (SSSR count). The Bertz CT molecular complexity index is 675. The van der Waals surface area contributed by atoms with E-state index in [0.717, 1.165) is 18.7 Å². The zero-order valence-electron chi connectivity index (χ0n) is 15.9. The fourth-order valence-corrected chi connectivity index (χ4v) is 4.49. The highest BCUT2D eigenvalue weighted by molar-refractivity contribution is 5.40. The maximum Gasteiger partial charge on any atom is 0.114 e. The summed E-state index contributed by atoms with van der Waals surface area (Å²) in [5.74, 6) is 0.473. The van der Waals surface area contributed by atoms with Crippen LogP contribution in [0.15, 0.2) is 58.8 Å². The van der Waals surface area contributed by atoms with Gasteiger partial charge in [-0.25, -0.2) is 0 Å². The number of benzene rings is 1. The molecule has 0 radical (unpaired) electrons. The van der Waals surface area contributed by atoms with Gasteiger partial charge < -0.3 is 0 Å². The van der Waals surface area contributed by atoms with E-state index in [9.17, 15) is 4.91 Å². The van der Waals surface area contributed by atoms with Crippen LogP contribution in [0, 0.1) is 16.2 Å². The molecule has 3 nitrogen and oxygen atoms in total. The Kier molecular flexibility index (Phi) is 5.24. The zero-order valence-corrected chi connectivity index (χ0v) is 15.9. The third kappa shape index (κ3) is 3.77. The summed E-state index contributed by atoms with van der Waals surface area (Å²) in [5, 5.41) is 3.29. The van der Waals surface area contributed by atoms with Gasteiger partial charge in [0.15, 0.2) is 0 Å². The molecule has 0 spiro atoms. The van der Waals surface area contributed by atoms with Gasteiger partial charge in [0, 0.05) is 18.5 Å². The van der Waals surface area contributed by atoms with Gasteiger partial charge in [-0.3, -0.25) is 4.90 Å². The highest BCUT2D eigenvalue weighted by atomic mass is 16.3. The minimum atomic E-state index is -0.276. The van der Waals surface area contributed by atoms with E-state index in [1.54, 1.807) is 0 Å². The first kappa shape index (κ1) is 18.1. The molecule has 1 saturated heterocycles. The lowest BCUT2D eigenvalue weighted by Crippen LogP contribution is -2.43. The molecule has 1 heterocycles. The summed E-state index contributed by atoms with van der Waals surface area (Å²) in [7, 11) is 0. The lowest BCUT2D eigenvalue weighted by Gasteiger charge is -2.42. The molecule has 1 aliphatic heterocycles. The van der Waals surface area contributed by atoms with E-state index >= 15 is 0 Å². The van der Waals surface area contributed by atoms with Crippen molar-refractivity contribution in [1.29, 1.82) is 0 Å². The Hall–Kier alpha value is -1.74. The van der Waals surface area contributed by atoms with Crippen molar-refractivity contribution in [2.24, 2.45) is 16.5 Å². The summed E-state index contributed by atoms with van der Waals surface area (Å²) in [6.07, 6.45) is 7.19. The van der Waals surface area contributed by atoms with Crippen LogP contribution in [0.4, 0.5) is 0 Å². The number of rotatable bonds is 4. The van der Waals surface area contributed by atoms with Crippen molar-refractivity contribution in [2.45, 2.75) is 59.2 Å². The number of hydrogen-bond acceptors (Lipinski definition) is 3. The van der Waals surface area contributed by atoms with Gasteiger partial charge >= 0.3 is 0 Å². The van der Waals surface area contributed by atoms with Crippen molar-refractivity contribution in [3.05, 3.63) is 64.1 Å². The Morgan fingerprint density at radius 1 is 1.24 bits per heavy atom. The van der Waals surface area contributed by atoms with Crippen molar-refractivity contribution in [2.75, 3.05) is 6.54 Å². The van der Waals surface area contributed by atoms with Gasteiger partial charge in [-0.2, -0.15) is 4.91 Å². The summed E-state index contributed by atoms with van der Waals surface area (Å²) in [5.41, 5.74) is 3.94. The van der Waals surface area contributed by atoms with Gasteiger partial charge in [0.25, 0.3) is 0 Å². The summed E-state index contributed by atoms with van der Waals surface area (Å²) in [4.78, 5) is 13.7. The van der Waals surface area contributed by atoms with Crippen LogP contribution >= 0.6 is 0 Å². The third-order valence-electron chi connectivity index (χ3n) is 6.03.